The molecule has 4 rings (SSSR count). The standard InChI is InChI=1S/C20H22N6O2/c1-25-14-22-24-18(25)15-4-6-17(7-5-15)23-19(27)26-11-8-20(28,9-12-26)16-3-2-10-21-13-16/h2-7,10,13-14,28H,8-9,11-12H2,1H3,(H,23,27). The molecule has 0 unspecified atom stereocenters. The molecular weight excluding hydrogens is 356 g/mol. The number of rotatable bonds is 3. The third-order valence-corrected chi connectivity index (χ3v) is 5.18. The maximum Gasteiger partial charge on any atom is 0.321 e. The average molecular weight is 378 g/mol. The molecule has 144 valence electrons. The van der Waals surface area contributed by atoms with Crippen molar-refractivity contribution in [2.45, 2.75) is 18.4 Å². The van der Waals surface area contributed by atoms with Crippen LogP contribution in [-0.2, 0) is 12.6 Å². The lowest BCUT2D eigenvalue weighted by atomic mass is 9.85. The van der Waals surface area contributed by atoms with Crippen LogP contribution in [0.25, 0.3) is 11.4 Å². The van der Waals surface area contributed by atoms with E-state index in [0.29, 0.717) is 31.6 Å². The van der Waals surface area contributed by atoms with Crippen LogP contribution in [-0.4, -0.2) is 48.9 Å². The van der Waals surface area contributed by atoms with Gasteiger partial charge in [-0.1, -0.05) is 6.07 Å². The SMILES string of the molecule is Cn1cnnc1-c1ccc(NC(=O)N2CCC(O)(c3cccnc3)CC2)cc1. The van der Waals surface area contributed by atoms with Crippen LogP contribution in [0, 0.1) is 0 Å². The molecule has 0 spiro atoms. The quantitative estimate of drug-likeness (QED) is 0.730. The van der Waals surface area contributed by atoms with Crippen LogP contribution in [0.1, 0.15) is 18.4 Å². The van der Waals surface area contributed by atoms with Gasteiger partial charge in [0.05, 0.1) is 5.60 Å². The minimum Gasteiger partial charge on any atom is -0.385 e. The van der Waals surface area contributed by atoms with Gasteiger partial charge < -0.3 is 19.9 Å². The molecule has 28 heavy (non-hydrogen) atoms. The number of benzene rings is 1. The Balaban J connectivity index is 1.37. The van der Waals surface area contributed by atoms with E-state index in [4.69, 9.17) is 0 Å². The Morgan fingerprint density at radius 2 is 1.93 bits per heavy atom. The lowest BCUT2D eigenvalue weighted by Crippen LogP contribution is -2.46. The molecule has 2 amide bonds. The molecule has 1 aliphatic rings. The number of aromatic nitrogens is 4. The Bertz CT molecular complexity index is 946. The van der Waals surface area contributed by atoms with Crippen molar-refractivity contribution in [1.82, 2.24) is 24.6 Å². The van der Waals surface area contributed by atoms with E-state index in [-0.39, 0.29) is 6.03 Å². The van der Waals surface area contributed by atoms with Gasteiger partial charge in [0.25, 0.3) is 0 Å². The van der Waals surface area contributed by atoms with E-state index < -0.39 is 5.60 Å². The maximum atomic E-state index is 12.6. The number of urea groups is 1. The van der Waals surface area contributed by atoms with Gasteiger partial charge in [-0.15, -0.1) is 10.2 Å². The van der Waals surface area contributed by atoms with E-state index in [1.165, 1.54) is 0 Å². The zero-order valence-corrected chi connectivity index (χ0v) is 15.6. The number of aliphatic hydroxyl groups is 1. The summed E-state index contributed by atoms with van der Waals surface area (Å²) in [6.07, 6.45) is 5.99. The summed E-state index contributed by atoms with van der Waals surface area (Å²) in [7, 11) is 1.88. The molecule has 0 saturated carbocycles. The third kappa shape index (κ3) is 3.59. The number of piperidine rings is 1. The number of nitrogens with one attached hydrogen (secondary N) is 1. The second-order valence-corrected chi connectivity index (χ2v) is 7.03. The molecule has 1 fully saturated rings. The molecule has 3 aromatic rings. The molecule has 2 aromatic heterocycles. The third-order valence-electron chi connectivity index (χ3n) is 5.18. The van der Waals surface area contributed by atoms with Gasteiger partial charge in [0.15, 0.2) is 5.82 Å². The summed E-state index contributed by atoms with van der Waals surface area (Å²) in [5.74, 6) is 0.767. The fourth-order valence-electron chi connectivity index (χ4n) is 3.46. The molecule has 8 heteroatoms. The smallest absolute Gasteiger partial charge is 0.321 e. The van der Waals surface area contributed by atoms with Crippen LogP contribution in [0.2, 0.25) is 0 Å². The number of hydrogen-bond acceptors (Lipinski definition) is 5. The second kappa shape index (κ2) is 7.40. The summed E-state index contributed by atoms with van der Waals surface area (Å²) in [4.78, 5) is 18.4. The Morgan fingerprint density at radius 1 is 1.18 bits per heavy atom. The summed E-state index contributed by atoms with van der Waals surface area (Å²) in [5.41, 5.74) is 1.51. The predicted molar refractivity (Wildman–Crippen MR) is 104 cm³/mol. The zero-order chi connectivity index (χ0) is 19.6. The van der Waals surface area contributed by atoms with E-state index in [2.05, 4.69) is 20.5 Å². The lowest BCUT2D eigenvalue weighted by molar-refractivity contribution is -0.0159. The van der Waals surface area contributed by atoms with Crippen molar-refractivity contribution in [3.63, 3.8) is 0 Å². The monoisotopic (exact) mass is 378 g/mol. The largest absolute Gasteiger partial charge is 0.385 e. The number of anilines is 1. The molecule has 0 bridgehead atoms. The summed E-state index contributed by atoms with van der Waals surface area (Å²) in [6, 6.07) is 11.0. The first-order valence-corrected chi connectivity index (χ1v) is 9.18. The molecular formula is C20H22N6O2. The van der Waals surface area contributed by atoms with Gasteiger partial charge in [-0.25, -0.2) is 4.79 Å². The summed E-state index contributed by atoms with van der Waals surface area (Å²) in [5, 5.41) is 21.7. The number of hydrogen-bond donors (Lipinski definition) is 2. The molecule has 8 nitrogen and oxygen atoms in total. The summed E-state index contributed by atoms with van der Waals surface area (Å²) < 4.78 is 1.84. The van der Waals surface area contributed by atoms with Crippen LogP contribution >= 0.6 is 0 Å². The molecule has 0 atom stereocenters. The van der Waals surface area contributed by atoms with E-state index >= 15 is 0 Å². The number of aryl methyl sites for hydroxylation is 1. The Kier molecular flexibility index (Phi) is 4.79. The van der Waals surface area contributed by atoms with Gasteiger partial charge in [-0.2, -0.15) is 0 Å². The van der Waals surface area contributed by atoms with Crippen molar-refractivity contribution in [2.24, 2.45) is 7.05 Å². The van der Waals surface area contributed by atoms with Crippen molar-refractivity contribution < 1.29 is 9.90 Å². The zero-order valence-electron chi connectivity index (χ0n) is 15.6. The molecule has 3 heterocycles. The minimum atomic E-state index is -0.928. The highest BCUT2D eigenvalue weighted by Crippen LogP contribution is 2.32. The van der Waals surface area contributed by atoms with Crippen molar-refractivity contribution in [3.05, 3.63) is 60.7 Å². The van der Waals surface area contributed by atoms with E-state index in [1.807, 2.05) is 48.0 Å². The Hall–Kier alpha value is -3.26. The Morgan fingerprint density at radius 3 is 2.54 bits per heavy atom. The lowest BCUT2D eigenvalue weighted by Gasteiger charge is -2.38. The van der Waals surface area contributed by atoms with Crippen LogP contribution in [0.4, 0.5) is 10.5 Å². The minimum absolute atomic E-state index is 0.167. The van der Waals surface area contributed by atoms with Crippen molar-refractivity contribution in [1.29, 1.82) is 0 Å². The van der Waals surface area contributed by atoms with Gasteiger partial charge in [-0.05, 0) is 43.2 Å². The van der Waals surface area contributed by atoms with Gasteiger partial charge in [-0.3, -0.25) is 4.98 Å². The van der Waals surface area contributed by atoms with E-state index in [9.17, 15) is 9.90 Å². The number of amides is 2. The first-order chi connectivity index (χ1) is 13.5. The number of carbonyl (C=O) groups excluding carboxylic acids is 1. The van der Waals surface area contributed by atoms with E-state index in [0.717, 1.165) is 17.0 Å². The van der Waals surface area contributed by atoms with E-state index in [1.54, 1.807) is 23.6 Å². The summed E-state index contributed by atoms with van der Waals surface area (Å²) in [6.45, 7) is 0.961. The molecule has 2 N–H and O–H groups in total. The van der Waals surface area contributed by atoms with Crippen molar-refractivity contribution in [3.8, 4) is 11.4 Å². The molecule has 1 aromatic carbocycles. The van der Waals surface area contributed by atoms with Crippen LogP contribution < -0.4 is 5.32 Å². The highest BCUT2D eigenvalue weighted by molar-refractivity contribution is 5.89. The number of pyridine rings is 1. The first kappa shape index (κ1) is 18.1. The number of likely N-dealkylation sites (tertiary alicyclic amines) is 1. The van der Waals surface area contributed by atoms with Crippen LogP contribution in [0.3, 0.4) is 0 Å². The average Bonchev–Trinajstić information content (AvgIpc) is 3.16. The second-order valence-electron chi connectivity index (χ2n) is 7.03. The van der Waals surface area contributed by atoms with Gasteiger partial charge in [0, 0.05) is 49.3 Å². The van der Waals surface area contributed by atoms with Crippen molar-refractivity contribution >= 4 is 11.7 Å². The number of carbonyl (C=O) groups is 1. The maximum absolute atomic E-state index is 12.6. The van der Waals surface area contributed by atoms with Gasteiger partial charge >= 0.3 is 6.03 Å². The first-order valence-electron chi connectivity index (χ1n) is 9.18. The molecule has 1 saturated heterocycles. The topological polar surface area (TPSA) is 96.2 Å². The molecule has 1 aliphatic heterocycles. The molecule has 0 aliphatic carbocycles. The highest BCUT2D eigenvalue weighted by atomic mass is 16.3. The highest BCUT2D eigenvalue weighted by Gasteiger charge is 2.35. The van der Waals surface area contributed by atoms with Crippen LogP contribution in [0.15, 0.2) is 55.1 Å². The number of nitrogens with zero attached hydrogens (tertiary/aromatic N) is 5. The van der Waals surface area contributed by atoms with Crippen molar-refractivity contribution in [2.75, 3.05) is 18.4 Å². The van der Waals surface area contributed by atoms with Gasteiger partial charge in [0.2, 0.25) is 0 Å². The predicted octanol–water partition coefficient (Wildman–Crippen LogP) is 2.39. The Labute approximate surface area is 162 Å². The fraction of sp³-hybridized carbons (Fsp3) is 0.300. The van der Waals surface area contributed by atoms with Crippen LogP contribution in [0.5, 0.6) is 0 Å². The fourth-order valence-corrected chi connectivity index (χ4v) is 3.46. The molecule has 0 radical (unpaired) electrons. The summed E-state index contributed by atoms with van der Waals surface area (Å²) >= 11 is 0. The van der Waals surface area contributed by atoms with Gasteiger partial charge in [0.1, 0.15) is 6.33 Å². The normalized spacial score (nSPS) is 16.0.